The first-order valence-corrected chi connectivity index (χ1v) is 10.2. The molecule has 1 aromatic carbocycles. The van der Waals surface area contributed by atoms with Gasteiger partial charge in [-0.2, -0.15) is 0 Å². The lowest BCUT2D eigenvalue weighted by atomic mass is 10.0. The average molecular weight is 384 g/mol. The first kappa shape index (κ1) is 18.4. The van der Waals surface area contributed by atoms with Crippen molar-refractivity contribution in [3.8, 4) is 11.8 Å². The van der Waals surface area contributed by atoms with Crippen molar-refractivity contribution >= 4 is 39.3 Å². The SMILES string of the molecule is CCOC(=O)c1ccc(C)c(C#Cc2csc3c(SC)[n+](C)cnc23)c1. The van der Waals surface area contributed by atoms with Crippen LogP contribution in [0.4, 0.5) is 0 Å². The van der Waals surface area contributed by atoms with E-state index in [1.807, 2.05) is 36.3 Å². The van der Waals surface area contributed by atoms with Gasteiger partial charge < -0.3 is 4.74 Å². The predicted molar refractivity (Wildman–Crippen MR) is 106 cm³/mol. The van der Waals surface area contributed by atoms with E-state index in [1.165, 1.54) is 5.03 Å². The van der Waals surface area contributed by atoms with Crippen molar-refractivity contribution in [2.45, 2.75) is 18.9 Å². The van der Waals surface area contributed by atoms with E-state index in [4.69, 9.17) is 4.74 Å². The second kappa shape index (κ2) is 7.90. The molecule has 2 aromatic heterocycles. The van der Waals surface area contributed by atoms with Crippen molar-refractivity contribution in [1.29, 1.82) is 0 Å². The average Bonchev–Trinajstić information content (AvgIpc) is 3.04. The normalized spacial score (nSPS) is 10.5. The van der Waals surface area contributed by atoms with Gasteiger partial charge in [-0.3, -0.25) is 0 Å². The van der Waals surface area contributed by atoms with E-state index >= 15 is 0 Å². The van der Waals surface area contributed by atoms with Crippen LogP contribution < -0.4 is 4.57 Å². The van der Waals surface area contributed by atoms with Crippen molar-refractivity contribution in [2.24, 2.45) is 7.05 Å². The number of nitrogens with zero attached hydrogens (tertiary/aromatic N) is 2. The number of carbonyl (C=O) groups excluding carboxylic acids is 1. The maximum atomic E-state index is 11.9. The molecule has 0 amide bonds. The quantitative estimate of drug-likeness (QED) is 0.227. The highest BCUT2D eigenvalue weighted by Crippen LogP contribution is 2.29. The van der Waals surface area contributed by atoms with E-state index in [0.29, 0.717) is 12.2 Å². The summed E-state index contributed by atoms with van der Waals surface area (Å²) in [6.07, 6.45) is 3.88. The van der Waals surface area contributed by atoms with Crippen LogP contribution in [-0.4, -0.2) is 23.8 Å². The number of ether oxygens (including phenoxy) is 1. The second-order valence-corrected chi connectivity index (χ2v) is 7.37. The zero-order valence-corrected chi connectivity index (χ0v) is 16.8. The smallest absolute Gasteiger partial charge is 0.338 e. The monoisotopic (exact) mass is 383 g/mol. The third-order valence-corrected chi connectivity index (χ3v) is 5.90. The highest BCUT2D eigenvalue weighted by Gasteiger charge is 2.16. The fraction of sp³-hybridized carbons (Fsp3) is 0.250. The number of benzene rings is 1. The van der Waals surface area contributed by atoms with Gasteiger partial charge in [-0.25, -0.2) is 9.36 Å². The van der Waals surface area contributed by atoms with Crippen LogP contribution in [0.3, 0.4) is 0 Å². The maximum Gasteiger partial charge on any atom is 0.338 e. The summed E-state index contributed by atoms with van der Waals surface area (Å²) in [4.78, 5) is 16.5. The van der Waals surface area contributed by atoms with Gasteiger partial charge in [-0.05, 0) is 42.8 Å². The molecule has 132 valence electrons. The Morgan fingerprint density at radius 1 is 1.35 bits per heavy atom. The van der Waals surface area contributed by atoms with Crippen LogP contribution in [0, 0.1) is 18.8 Å². The Morgan fingerprint density at radius 3 is 2.85 bits per heavy atom. The molecule has 0 saturated heterocycles. The summed E-state index contributed by atoms with van der Waals surface area (Å²) < 4.78 is 8.23. The van der Waals surface area contributed by atoms with Crippen molar-refractivity contribution in [2.75, 3.05) is 12.9 Å². The molecule has 3 rings (SSSR count). The number of aryl methyl sites for hydroxylation is 2. The topological polar surface area (TPSA) is 43.1 Å². The molecule has 2 heterocycles. The summed E-state index contributed by atoms with van der Waals surface area (Å²) in [6, 6.07) is 5.45. The number of thioether (sulfide) groups is 1. The van der Waals surface area contributed by atoms with Crippen molar-refractivity contribution in [3.63, 3.8) is 0 Å². The van der Waals surface area contributed by atoms with Crippen molar-refractivity contribution < 1.29 is 14.1 Å². The molecule has 0 saturated carbocycles. The fourth-order valence-corrected chi connectivity index (χ4v) is 4.48. The lowest BCUT2D eigenvalue weighted by molar-refractivity contribution is -0.709. The van der Waals surface area contributed by atoms with Crippen LogP contribution in [0.25, 0.3) is 10.2 Å². The van der Waals surface area contributed by atoms with Gasteiger partial charge in [0, 0.05) is 10.9 Å². The third kappa shape index (κ3) is 3.59. The van der Waals surface area contributed by atoms with Crippen LogP contribution in [0.15, 0.2) is 34.9 Å². The Labute approximate surface area is 161 Å². The molecule has 0 bridgehead atoms. The van der Waals surface area contributed by atoms with Gasteiger partial charge in [-0.15, -0.1) is 11.3 Å². The largest absolute Gasteiger partial charge is 0.462 e. The van der Waals surface area contributed by atoms with Gasteiger partial charge in [0.25, 0.3) is 6.33 Å². The van der Waals surface area contributed by atoms with Gasteiger partial charge in [-0.1, -0.05) is 29.7 Å². The van der Waals surface area contributed by atoms with Crippen LogP contribution in [0.1, 0.15) is 34.0 Å². The van der Waals surface area contributed by atoms with E-state index in [1.54, 1.807) is 42.2 Å². The summed E-state index contributed by atoms with van der Waals surface area (Å²) in [6.45, 7) is 4.13. The summed E-state index contributed by atoms with van der Waals surface area (Å²) in [5.74, 6) is 6.09. The summed E-state index contributed by atoms with van der Waals surface area (Å²) in [7, 11) is 1.99. The minimum atomic E-state index is -0.324. The molecular weight excluding hydrogens is 364 g/mol. The predicted octanol–water partition coefficient (Wildman–Crippen LogP) is 3.73. The van der Waals surface area contributed by atoms with Crippen molar-refractivity contribution in [3.05, 3.63) is 52.2 Å². The number of carbonyl (C=O) groups is 1. The molecular formula is C20H19N2O2S2+. The lowest BCUT2D eigenvalue weighted by Crippen LogP contribution is -2.30. The highest BCUT2D eigenvalue weighted by molar-refractivity contribution is 7.98. The van der Waals surface area contributed by atoms with E-state index in [-0.39, 0.29) is 5.97 Å². The van der Waals surface area contributed by atoms with Gasteiger partial charge in [0.2, 0.25) is 5.52 Å². The fourth-order valence-electron chi connectivity index (χ4n) is 2.55. The zero-order chi connectivity index (χ0) is 18.7. The Balaban J connectivity index is 2.01. The molecule has 4 nitrogen and oxygen atoms in total. The molecule has 0 aliphatic heterocycles. The van der Waals surface area contributed by atoms with Crippen LogP contribution in [-0.2, 0) is 11.8 Å². The summed E-state index contributed by atoms with van der Waals surface area (Å²) >= 11 is 3.35. The molecule has 6 heteroatoms. The van der Waals surface area contributed by atoms with Gasteiger partial charge in [0.1, 0.15) is 4.70 Å². The molecule has 26 heavy (non-hydrogen) atoms. The molecule has 0 fully saturated rings. The molecule has 0 N–H and O–H groups in total. The Hall–Kier alpha value is -2.36. The molecule has 0 atom stereocenters. The molecule has 0 radical (unpaired) electrons. The van der Waals surface area contributed by atoms with E-state index in [0.717, 1.165) is 26.9 Å². The maximum absolute atomic E-state index is 11.9. The van der Waals surface area contributed by atoms with Crippen molar-refractivity contribution in [1.82, 2.24) is 4.98 Å². The summed E-state index contributed by atoms with van der Waals surface area (Å²) in [5.41, 5.74) is 4.19. The Bertz CT molecular complexity index is 1050. The van der Waals surface area contributed by atoms with Crippen LogP contribution in [0.5, 0.6) is 0 Å². The molecule has 0 unspecified atom stereocenters. The lowest BCUT2D eigenvalue weighted by Gasteiger charge is -2.04. The highest BCUT2D eigenvalue weighted by atomic mass is 32.2. The standard InChI is InChI=1S/C20H19N2O2S2/c1-5-24-20(23)15-7-6-13(2)14(10-15)8-9-16-11-26-18-17(16)21-12-22(3)19(18)25-4/h6-7,10-12H,5H2,1-4H3/q+1. The molecule has 0 spiro atoms. The summed E-state index contributed by atoms with van der Waals surface area (Å²) in [5, 5.41) is 3.21. The van der Waals surface area contributed by atoms with Crippen LogP contribution in [0.2, 0.25) is 0 Å². The number of hydrogen-bond donors (Lipinski definition) is 0. The number of aromatic nitrogens is 2. The molecule has 0 aliphatic rings. The van der Waals surface area contributed by atoms with Gasteiger partial charge >= 0.3 is 5.97 Å². The Kier molecular flexibility index (Phi) is 5.60. The van der Waals surface area contributed by atoms with E-state index in [9.17, 15) is 4.79 Å². The minimum Gasteiger partial charge on any atom is -0.462 e. The minimum absolute atomic E-state index is 0.324. The van der Waals surface area contributed by atoms with Gasteiger partial charge in [0.15, 0.2) is 5.03 Å². The Morgan fingerprint density at radius 2 is 2.12 bits per heavy atom. The first-order chi connectivity index (χ1) is 12.5. The third-order valence-electron chi connectivity index (χ3n) is 3.91. The number of thiophene rings is 1. The number of fused-ring (bicyclic) bond motifs is 1. The molecule has 0 aliphatic carbocycles. The second-order valence-electron chi connectivity index (χ2n) is 5.69. The number of rotatable bonds is 3. The first-order valence-electron chi connectivity index (χ1n) is 8.14. The van der Waals surface area contributed by atoms with Crippen LogP contribution >= 0.6 is 23.1 Å². The van der Waals surface area contributed by atoms with Gasteiger partial charge in [0.05, 0.1) is 24.8 Å². The molecule has 3 aromatic rings. The number of esters is 1. The van der Waals surface area contributed by atoms with E-state index < -0.39 is 0 Å². The number of hydrogen-bond acceptors (Lipinski definition) is 5. The zero-order valence-electron chi connectivity index (χ0n) is 15.1. The van der Waals surface area contributed by atoms with E-state index in [2.05, 4.69) is 23.1 Å².